The van der Waals surface area contributed by atoms with Gasteiger partial charge in [-0.1, -0.05) is 54.6 Å². The van der Waals surface area contributed by atoms with E-state index in [0.29, 0.717) is 18.0 Å². The molecule has 6 nitrogen and oxygen atoms in total. The summed E-state index contributed by atoms with van der Waals surface area (Å²) < 4.78 is 11.0. The third kappa shape index (κ3) is 6.07. The molecule has 6 heteroatoms. The van der Waals surface area contributed by atoms with E-state index < -0.39 is 18.0 Å². The molecule has 170 valence electrons. The molecule has 1 N–H and O–H groups in total. The zero-order valence-electron chi connectivity index (χ0n) is 18.7. The van der Waals surface area contributed by atoms with Gasteiger partial charge in [0.05, 0.1) is 5.52 Å². The van der Waals surface area contributed by atoms with Crippen molar-refractivity contribution in [3.63, 3.8) is 0 Å². The van der Waals surface area contributed by atoms with E-state index in [9.17, 15) is 9.59 Å². The van der Waals surface area contributed by atoms with Crippen LogP contribution < -0.4 is 10.1 Å². The van der Waals surface area contributed by atoms with Gasteiger partial charge in [-0.25, -0.2) is 4.79 Å². The van der Waals surface area contributed by atoms with Crippen molar-refractivity contribution in [3.05, 3.63) is 108 Å². The molecule has 1 amide bonds. The first-order valence-electron chi connectivity index (χ1n) is 10.9. The Balaban J connectivity index is 1.28. The number of amides is 1. The Labute approximate surface area is 197 Å². The number of hydrogen-bond donors (Lipinski definition) is 1. The molecule has 0 saturated heterocycles. The molecular weight excluding hydrogens is 428 g/mol. The van der Waals surface area contributed by atoms with Crippen molar-refractivity contribution in [1.82, 2.24) is 4.98 Å². The van der Waals surface area contributed by atoms with Crippen molar-refractivity contribution in [2.45, 2.75) is 19.6 Å². The molecule has 4 rings (SSSR count). The van der Waals surface area contributed by atoms with Crippen LogP contribution in [0, 0.1) is 0 Å². The fraction of sp³-hybridized carbons (Fsp3) is 0.107. The Hall–Kier alpha value is -4.45. The van der Waals surface area contributed by atoms with Crippen molar-refractivity contribution in [2.24, 2.45) is 0 Å². The molecule has 1 atom stereocenters. The molecule has 0 saturated carbocycles. The molecule has 1 unspecified atom stereocenters. The molecule has 4 aromatic rings. The van der Waals surface area contributed by atoms with Gasteiger partial charge in [0, 0.05) is 28.9 Å². The average molecular weight is 453 g/mol. The van der Waals surface area contributed by atoms with Crippen molar-refractivity contribution in [1.29, 1.82) is 0 Å². The molecule has 1 heterocycles. The predicted octanol–water partition coefficient (Wildman–Crippen LogP) is 5.40. The van der Waals surface area contributed by atoms with Gasteiger partial charge >= 0.3 is 5.97 Å². The Bertz CT molecular complexity index is 1300. The van der Waals surface area contributed by atoms with Crippen LogP contribution in [0.5, 0.6) is 5.75 Å². The minimum absolute atomic E-state index is 0.425. The van der Waals surface area contributed by atoms with Crippen LogP contribution >= 0.6 is 0 Å². The van der Waals surface area contributed by atoms with Crippen molar-refractivity contribution >= 4 is 34.5 Å². The summed E-state index contributed by atoms with van der Waals surface area (Å²) in [5.41, 5.74) is 3.23. The zero-order chi connectivity index (χ0) is 23.8. The summed E-state index contributed by atoms with van der Waals surface area (Å²) in [7, 11) is 0. The molecule has 0 radical (unpaired) electrons. The number of anilines is 1. The van der Waals surface area contributed by atoms with E-state index in [-0.39, 0.29) is 0 Å². The molecule has 34 heavy (non-hydrogen) atoms. The number of ether oxygens (including phenoxy) is 2. The maximum atomic E-state index is 12.4. The number of carbonyl (C=O) groups excluding carboxylic acids is 2. The van der Waals surface area contributed by atoms with Gasteiger partial charge in [0.15, 0.2) is 6.10 Å². The van der Waals surface area contributed by atoms with Crippen LogP contribution in [0.2, 0.25) is 0 Å². The van der Waals surface area contributed by atoms with E-state index in [1.54, 1.807) is 36.5 Å². The number of nitrogens with one attached hydrogen (secondary N) is 1. The Morgan fingerprint density at radius 1 is 0.941 bits per heavy atom. The number of hydrogen-bond acceptors (Lipinski definition) is 5. The van der Waals surface area contributed by atoms with Crippen LogP contribution in [0.3, 0.4) is 0 Å². The second-order valence-corrected chi connectivity index (χ2v) is 7.62. The van der Waals surface area contributed by atoms with Gasteiger partial charge in [-0.15, -0.1) is 0 Å². The highest BCUT2D eigenvalue weighted by Gasteiger charge is 2.16. The summed E-state index contributed by atoms with van der Waals surface area (Å²) >= 11 is 0. The predicted molar refractivity (Wildman–Crippen MR) is 132 cm³/mol. The highest BCUT2D eigenvalue weighted by Crippen LogP contribution is 2.19. The first-order valence-corrected chi connectivity index (χ1v) is 10.9. The van der Waals surface area contributed by atoms with Crippen LogP contribution in [0.15, 0.2) is 97.2 Å². The first-order chi connectivity index (χ1) is 16.6. The summed E-state index contributed by atoms with van der Waals surface area (Å²) in [5.74, 6) is -0.346. The second kappa shape index (κ2) is 10.9. The second-order valence-electron chi connectivity index (χ2n) is 7.62. The lowest BCUT2D eigenvalue weighted by Gasteiger charge is -2.13. The number of esters is 1. The van der Waals surface area contributed by atoms with E-state index in [1.807, 2.05) is 60.7 Å². The molecule has 0 aliphatic rings. The smallest absolute Gasteiger partial charge is 0.331 e. The lowest BCUT2D eigenvalue weighted by molar-refractivity contribution is -0.148. The molecular formula is C28H24N2O4. The number of nitrogens with zero attached hydrogens (tertiary/aromatic N) is 1. The number of para-hydroxylation sites is 1. The number of carbonyl (C=O) groups is 2. The number of rotatable bonds is 8. The summed E-state index contributed by atoms with van der Waals surface area (Å²) in [4.78, 5) is 29.0. The standard InChI is InChI=1S/C28H24N2O4/c1-20(34-26(31)17-12-23-10-5-9-22-11-6-18-29-27(22)23)28(32)30-24-13-15-25(16-14-24)33-19-21-7-3-2-4-8-21/h2-18,20H,19H2,1H3,(H,30,32). The van der Waals surface area contributed by atoms with Crippen molar-refractivity contribution < 1.29 is 19.1 Å². The minimum atomic E-state index is -0.961. The summed E-state index contributed by atoms with van der Waals surface area (Å²) in [5, 5.41) is 3.71. The van der Waals surface area contributed by atoms with E-state index in [4.69, 9.17) is 9.47 Å². The van der Waals surface area contributed by atoms with Crippen molar-refractivity contribution in [3.8, 4) is 5.75 Å². The van der Waals surface area contributed by atoms with Gasteiger partial charge in [0.25, 0.3) is 5.91 Å². The Morgan fingerprint density at radius 2 is 1.71 bits per heavy atom. The average Bonchev–Trinajstić information content (AvgIpc) is 2.87. The minimum Gasteiger partial charge on any atom is -0.489 e. The summed E-state index contributed by atoms with van der Waals surface area (Å²) in [6, 6.07) is 26.4. The molecule has 3 aromatic carbocycles. The van der Waals surface area contributed by atoms with E-state index in [2.05, 4.69) is 10.3 Å². The molecule has 0 aliphatic carbocycles. The maximum Gasteiger partial charge on any atom is 0.331 e. The SMILES string of the molecule is CC(OC(=O)C=Cc1cccc2cccnc12)C(=O)Nc1ccc(OCc2ccccc2)cc1. The van der Waals surface area contributed by atoms with Gasteiger partial charge in [-0.2, -0.15) is 0 Å². The van der Waals surface area contributed by atoms with E-state index in [0.717, 1.165) is 22.0 Å². The van der Waals surface area contributed by atoms with Gasteiger partial charge in [-0.05, 0) is 48.9 Å². The summed E-state index contributed by atoms with van der Waals surface area (Å²) in [6.45, 7) is 1.99. The molecule has 0 fully saturated rings. The Kier molecular flexibility index (Phi) is 7.30. The van der Waals surface area contributed by atoms with Crippen LogP contribution in [-0.4, -0.2) is 23.0 Å². The zero-order valence-corrected chi connectivity index (χ0v) is 18.7. The maximum absolute atomic E-state index is 12.4. The normalized spacial score (nSPS) is 11.8. The van der Waals surface area contributed by atoms with E-state index in [1.165, 1.54) is 13.0 Å². The van der Waals surface area contributed by atoms with Crippen LogP contribution in [-0.2, 0) is 20.9 Å². The van der Waals surface area contributed by atoms with Gasteiger partial charge in [-0.3, -0.25) is 9.78 Å². The summed E-state index contributed by atoms with van der Waals surface area (Å²) in [6.07, 6.45) is 3.67. The number of pyridine rings is 1. The monoisotopic (exact) mass is 452 g/mol. The van der Waals surface area contributed by atoms with E-state index >= 15 is 0 Å². The first kappa shape index (κ1) is 22.7. The van der Waals surface area contributed by atoms with Crippen molar-refractivity contribution in [2.75, 3.05) is 5.32 Å². The fourth-order valence-electron chi connectivity index (χ4n) is 3.31. The lowest BCUT2D eigenvalue weighted by atomic mass is 10.1. The third-order valence-electron chi connectivity index (χ3n) is 5.10. The molecule has 0 aliphatic heterocycles. The quantitative estimate of drug-likeness (QED) is 0.286. The molecule has 0 spiro atoms. The number of aromatic nitrogens is 1. The molecule has 0 bridgehead atoms. The lowest BCUT2D eigenvalue weighted by Crippen LogP contribution is -2.29. The Morgan fingerprint density at radius 3 is 2.50 bits per heavy atom. The van der Waals surface area contributed by atoms with Crippen LogP contribution in [0.1, 0.15) is 18.1 Å². The molecule has 1 aromatic heterocycles. The highest BCUT2D eigenvalue weighted by atomic mass is 16.5. The van der Waals surface area contributed by atoms with Gasteiger partial charge < -0.3 is 14.8 Å². The number of benzene rings is 3. The highest BCUT2D eigenvalue weighted by molar-refractivity contribution is 5.97. The van der Waals surface area contributed by atoms with Gasteiger partial charge in [0.1, 0.15) is 12.4 Å². The largest absolute Gasteiger partial charge is 0.489 e. The van der Waals surface area contributed by atoms with Crippen LogP contribution in [0.25, 0.3) is 17.0 Å². The number of fused-ring (bicyclic) bond motifs is 1. The topological polar surface area (TPSA) is 77.5 Å². The van der Waals surface area contributed by atoms with Gasteiger partial charge in [0.2, 0.25) is 0 Å². The third-order valence-corrected chi connectivity index (χ3v) is 5.10. The van der Waals surface area contributed by atoms with Crippen LogP contribution in [0.4, 0.5) is 5.69 Å². The fourth-order valence-corrected chi connectivity index (χ4v) is 3.31.